The summed E-state index contributed by atoms with van der Waals surface area (Å²) in [5, 5.41) is 20.8. The lowest BCUT2D eigenvalue weighted by atomic mass is 9.43. The lowest BCUT2D eigenvalue weighted by Gasteiger charge is -2.64. The predicted octanol–water partition coefficient (Wildman–Crippen LogP) is 2.43. The summed E-state index contributed by atoms with van der Waals surface area (Å²) in [5.74, 6) is -0.511. The van der Waals surface area contributed by atoms with Gasteiger partial charge in [-0.15, -0.1) is 0 Å². The van der Waals surface area contributed by atoms with Crippen LogP contribution >= 0.6 is 0 Å². The molecule has 2 saturated carbocycles. The summed E-state index contributed by atoms with van der Waals surface area (Å²) in [4.78, 5) is 13.0. The molecule has 0 aromatic carbocycles. The molecule has 0 unspecified atom stereocenters. The third kappa shape index (κ3) is 2.19. The fraction of sp³-hybridized carbons (Fsp3) is 0.950. The zero-order valence-corrected chi connectivity index (χ0v) is 15.9. The van der Waals surface area contributed by atoms with Crippen LogP contribution in [0.4, 0.5) is 0 Å². The van der Waals surface area contributed by atoms with Crippen molar-refractivity contribution in [2.75, 3.05) is 6.61 Å². The Hall–Kier alpha value is -0.490. The summed E-state index contributed by atoms with van der Waals surface area (Å²) in [6, 6.07) is 0. The topological polar surface area (TPSA) is 76.0 Å². The molecule has 2 aliphatic heterocycles. The molecule has 5 nitrogen and oxygen atoms in total. The van der Waals surface area contributed by atoms with Gasteiger partial charge in [0.25, 0.3) is 0 Å². The maximum Gasteiger partial charge on any atom is 0.167 e. The highest BCUT2D eigenvalue weighted by atomic mass is 16.6. The van der Waals surface area contributed by atoms with E-state index in [-0.39, 0.29) is 28.4 Å². The highest BCUT2D eigenvalue weighted by Crippen LogP contribution is 2.67. The maximum atomic E-state index is 13.0. The highest BCUT2D eigenvalue weighted by Gasteiger charge is 2.72. The van der Waals surface area contributed by atoms with E-state index >= 15 is 0 Å². The fourth-order valence-electron chi connectivity index (χ4n) is 7.02. The van der Waals surface area contributed by atoms with Gasteiger partial charge in [-0.2, -0.15) is 0 Å². The SMILES string of the molecule is C[C@@H]1C(=O)[C@@H](O)[C@H]2C(C)(C)CCC[C@]2(C)[C@@]12CC[C@@]1(CO[C@H](O)C1)O2. The Morgan fingerprint density at radius 3 is 2.44 bits per heavy atom. The number of rotatable bonds is 0. The summed E-state index contributed by atoms with van der Waals surface area (Å²) in [5.41, 5.74) is -1.40. The van der Waals surface area contributed by atoms with Gasteiger partial charge in [-0.3, -0.25) is 4.79 Å². The van der Waals surface area contributed by atoms with Gasteiger partial charge in [-0.05, 0) is 31.1 Å². The molecule has 0 bridgehead atoms. The third-order valence-electron chi connectivity index (χ3n) is 8.18. The predicted molar refractivity (Wildman–Crippen MR) is 91.8 cm³/mol. The minimum atomic E-state index is -0.911. The number of hydrogen-bond donors (Lipinski definition) is 2. The minimum Gasteiger partial charge on any atom is -0.385 e. The Morgan fingerprint density at radius 1 is 1.08 bits per heavy atom. The fourth-order valence-corrected chi connectivity index (χ4v) is 7.02. The quantitative estimate of drug-likeness (QED) is 0.700. The second-order valence-electron chi connectivity index (χ2n) is 9.95. The van der Waals surface area contributed by atoms with Crippen molar-refractivity contribution in [1.29, 1.82) is 0 Å². The zero-order chi connectivity index (χ0) is 18.3. The van der Waals surface area contributed by atoms with Crippen molar-refractivity contribution in [2.45, 2.75) is 89.8 Å². The van der Waals surface area contributed by atoms with Crippen LogP contribution < -0.4 is 0 Å². The van der Waals surface area contributed by atoms with Gasteiger partial charge in [0.2, 0.25) is 0 Å². The Morgan fingerprint density at radius 2 is 1.80 bits per heavy atom. The van der Waals surface area contributed by atoms with Gasteiger partial charge in [0.15, 0.2) is 12.1 Å². The number of ether oxygens (including phenoxy) is 2. The molecule has 25 heavy (non-hydrogen) atoms. The van der Waals surface area contributed by atoms with E-state index < -0.39 is 23.6 Å². The van der Waals surface area contributed by atoms with Crippen LogP contribution in [0.5, 0.6) is 0 Å². The van der Waals surface area contributed by atoms with Gasteiger partial charge >= 0.3 is 0 Å². The van der Waals surface area contributed by atoms with Crippen LogP contribution in [0, 0.1) is 22.7 Å². The molecular formula is C20H32O5. The Balaban J connectivity index is 1.79. The van der Waals surface area contributed by atoms with Crippen molar-refractivity contribution < 1.29 is 24.5 Å². The second-order valence-corrected chi connectivity index (χ2v) is 9.95. The summed E-state index contributed by atoms with van der Waals surface area (Å²) in [6.45, 7) is 8.92. The van der Waals surface area contributed by atoms with Gasteiger partial charge in [-0.25, -0.2) is 0 Å². The lowest BCUT2D eigenvalue weighted by molar-refractivity contribution is -0.257. The molecule has 2 saturated heterocycles. The van der Waals surface area contributed by atoms with Crippen LogP contribution in [0.2, 0.25) is 0 Å². The van der Waals surface area contributed by atoms with Gasteiger partial charge < -0.3 is 19.7 Å². The first kappa shape index (κ1) is 17.9. The van der Waals surface area contributed by atoms with E-state index in [9.17, 15) is 15.0 Å². The van der Waals surface area contributed by atoms with E-state index in [1.807, 2.05) is 6.92 Å². The number of ketones is 1. The lowest BCUT2D eigenvalue weighted by Crippen LogP contribution is -2.70. The molecule has 2 N–H and O–H groups in total. The van der Waals surface area contributed by atoms with Crippen LogP contribution in [0.1, 0.15) is 66.2 Å². The largest absolute Gasteiger partial charge is 0.385 e. The molecule has 142 valence electrons. The standard InChI is InChI=1S/C20H32O5/c1-12-14(22)15(23)16-17(2,3)6-5-7-18(16,4)20(12)9-8-19(25-20)10-13(21)24-11-19/h12-13,15-16,21,23H,5-11H2,1-4H3/t12-,13+,15-,16+,18+,19-,20-/m1/s1. The van der Waals surface area contributed by atoms with Crippen molar-refractivity contribution in [3.8, 4) is 0 Å². The van der Waals surface area contributed by atoms with E-state index in [0.29, 0.717) is 13.0 Å². The number of Topliss-reactive ketones (excluding diaryl/α,β-unsaturated/α-hetero) is 1. The monoisotopic (exact) mass is 352 g/mol. The molecule has 0 radical (unpaired) electrons. The second kappa shape index (κ2) is 5.28. The van der Waals surface area contributed by atoms with Crippen LogP contribution in [-0.4, -0.2) is 46.2 Å². The van der Waals surface area contributed by atoms with E-state index in [2.05, 4.69) is 20.8 Å². The molecule has 2 aliphatic carbocycles. The van der Waals surface area contributed by atoms with Crippen molar-refractivity contribution in [1.82, 2.24) is 0 Å². The van der Waals surface area contributed by atoms with E-state index in [1.54, 1.807) is 0 Å². The van der Waals surface area contributed by atoms with E-state index in [1.165, 1.54) is 0 Å². The summed E-state index contributed by atoms with van der Waals surface area (Å²) in [7, 11) is 0. The molecule has 4 aliphatic rings. The van der Waals surface area contributed by atoms with Crippen LogP contribution in [0.3, 0.4) is 0 Å². The Kier molecular flexibility index (Phi) is 3.78. The minimum absolute atomic E-state index is 0.0750. The molecule has 2 heterocycles. The first-order chi connectivity index (χ1) is 11.6. The average molecular weight is 352 g/mol. The van der Waals surface area contributed by atoms with Gasteiger partial charge in [0.1, 0.15) is 6.10 Å². The Bertz CT molecular complexity index is 589. The molecule has 4 rings (SSSR count). The molecule has 7 atom stereocenters. The summed E-state index contributed by atoms with van der Waals surface area (Å²) < 4.78 is 12.2. The number of aliphatic hydroxyl groups excluding tert-OH is 2. The molecule has 0 aromatic rings. The third-order valence-corrected chi connectivity index (χ3v) is 8.18. The van der Waals surface area contributed by atoms with Crippen molar-refractivity contribution in [2.24, 2.45) is 22.7 Å². The number of carbonyl (C=O) groups excluding carboxylic acids is 1. The van der Waals surface area contributed by atoms with Crippen LogP contribution in [0.15, 0.2) is 0 Å². The summed E-state index contributed by atoms with van der Waals surface area (Å²) in [6.07, 6.45) is 3.47. The van der Waals surface area contributed by atoms with Gasteiger partial charge in [0.05, 0.1) is 17.8 Å². The molecule has 5 heteroatoms. The zero-order valence-electron chi connectivity index (χ0n) is 15.9. The first-order valence-corrected chi connectivity index (χ1v) is 9.79. The number of fused-ring (bicyclic) bond motifs is 2. The van der Waals surface area contributed by atoms with E-state index in [0.717, 1.165) is 32.1 Å². The van der Waals surface area contributed by atoms with Crippen molar-refractivity contribution in [3.05, 3.63) is 0 Å². The average Bonchev–Trinajstić information content (AvgIpc) is 3.08. The molecule has 0 aromatic heterocycles. The first-order valence-electron chi connectivity index (χ1n) is 9.79. The van der Waals surface area contributed by atoms with Gasteiger partial charge in [-0.1, -0.05) is 34.1 Å². The number of hydrogen-bond acceptors (Lipinski definition) is 5. The summed E-state index contributed by atoms with van der Waals surface area (Å²) >= 11 is 0. The van der Waals surface area contributed by atoms with E-state index in [4.69, 9.17) is 9.47 Å². The van der Waals surface area contributed by atoms with Crippen molar-refractivity contribution in [3.63, 3.8) is 0 Å². The van der Waals surface area contributed by atoms with Gasteiger partial charge in [0, 0.05) is 23.7 Å². The molecule has 4 fully saturated rings. The molecule has 0 amide bonds. The molecule has 2 spiro atoms. The maximum absolute atomic E-state index is 13.0. The van der Waals surface area contributed by atoms with Crippen molar-refractivity contribution >= 4 is 5.78 Å². The molecular weight excluding hydrogens is 320 g/mol. The van der Waals surface area contributed by atoms with Crippen LogP contribution in [-0.2, 0) is 14.3 Å². The number of carbonyl (C=O) groups is 1. The van der Waals surface area contributed by atoms with Crippen LogP contribution in [0.25, 0.3) is 0 Å². The highest BCUT2D eigenvalue weighted by molar-refractivity contribution is 5.88. The number of aliphatic hydroxyl groups is 2. The smallest absolute Gasteiger partial charge is 0.167 e. The Labute approximate surface area is 150 Å². The normalized spacial score (nSPS) is 55.0.